The first kappa shape index (κ1) is 37.7. The molecule has 4 amide bonds. The third-order valence-corrected chi connectivity index (χ3v) is 7.88. The van der Waals surface area contributed by atoms with E-state index in [0.717, 1.165) is 17.5 Å². The fourth-order valence-corrected chi connectivity index (χ4v) is 4.91. The number of aliphatic hydroxyl groups is 1. The number of aromatic amines is 1. The highest BCUT2D eigenvalue weighted by Crippen LogP contribution is 2.13. The van der Waals surface area contributed by atoms with Crippen LogP contribution in [0.5, 0.6) is 0 Å². The van der Waals surface area contributed by atoms with E-state index in [9.17, 15) is 24.3 Å². The third-order valence-electron chi connectivity index (χ3n) is 7.88. The summed E-state index contributed by atoms with van der Waals surface area (Å²) < 4.78 is 5.37. The number of pyridine rings is 1. The summed E-state index contributed by atoms with van der Waals surface area (Å²) in [5.41, 5.74) is 2.10. The highest BCUT2D eigenvalue weighted by atomic mass is 16.5. The predicted octanol–water partition coefficient (Wildman–Crippen LogP) is 2.81. The molecule has 48 heavy (non-hydrogen) atoms. The number of carbonyl (C=O) groups is 4. The van der Waals surface area contributed by atoms with Crippen molar-refractivity contribution in [1.82, 2.24) is 36.2 Å². The van der Waals surface area contributed by atoms with Crippen molar-refractivity contribution in [3.63, 3.8) is 0 Å². The van der Waals surface area contributed by atoms with Gasteiger partial charge in [0, 0.05) is 43.7 Å². The van der Waals surface area contributed by atoms with E-state index in [2.05, 4.69) is 36.2 Å². The number of rotatable bonds is 19. The second kappa shape index (κ2) is 19.8. The average Bonchev–Trinajstić information content (AvgIpc) is 3.59. The van der Waals surface area contributed by atoms with Gasteiger partial charge in [-0.3, -0.25) is 19.4 Å². The van der Waals surface area contributed by atoms with Gasteiger partial charge < -0.3 is 36.1 Å². The van der Waals surface area contributed by atoms with Crippen molar-refractivity contribution in [1.29, 1.82) is 0 Å². The number of amides is 4. The normalized spacial score (nSPS) is 14.2. The number of H-pyrrole nitrogens is 1. The smallest absolute Gasteiger partial charge is 0.408 e. The Morgan fingerprint density at radius 3 is 2.21 bits per heavy atom. The molecule has 13 heteroatoms. The molecule has 0 aliphatic rings. The van der Waals surface area contributed by atoms with Gasteiger partial charge in [-0.15, -0.1) is 0 Å². The van der Waals surface area contributed by atoms with Gasteiger partial charge in [0.2, 0.25) is 17.7 Å². The molecule has 260 valence electrons. The van der Waals surface area contributed by atoms with Crippen molar-refractivity contribution in [2.24, 2.45) is 11.8 Å². The van der Waals surface area contributed by atoms with E-state index >= 15 is 0 Å². The Bertz CT molecular complexity index is 1410. The lowest BCUT2D eigenvalue weighted by atomic mass is 9.96. The van der Waals surface area contributed by atoms with E-state index in [0.29, 0.717) is 24.6 Å². The maximum atomic E-state index is 13.8. The quantitative estimate of drug-likeness (QED) is 0.113. The first-order chi connectivity index (χ1) is 23.0. The zero-order chi connectivity index (χ0) is 34.9. The molecule has 0 radical (unpaired) electrons. The minimum absolute atomic E-state index is 0.0103. The lowest BCUT2D eigenvalue weighted by molar-refractivity contribution is -0.131. The molecule has 2 aromatic heterocycles. The molecule has 3 unspecified atom stereocenters. The Hall–Kier alpha value is -4.78. The van der Waals surface area contributed by atoms with E-state index in [1.807, 2.05) is 58.0 Å². The highest BCUT2D eigenvalue weighted by molar-refractivity contribution is 5.91. The van der Waals surface area contributed by atoms with E-state index in [1.54, 1.807) is 30.7 Å². The number of nitrogens with one attached hydrogen (secondary N) is 5. The molecular formula is C35H49N7O6. The maximum absolute atomic E-state index is 13.8. The Morgan fingerprint density at radius 1 is 0.875 bits per heavy atom. The van der Waals surface area contributed by atoms with Crippen LogP contribution in [0.15, 0.2) is 67.4 Å². The summed E-state index contributed by atoms with van der Waals surface area (Å²) in [5, 5.41) is 22.2. The fourth-order valence-electron chi connectivity index (χ4n) is 4.91. The van der Waals surface area contributed by atoms with Crippen LogP contribution in [0.2, 0.25) is 0 Å². The van der Waals surface area contributed by atoms with Gasteiger partial charge in [-0.2, -0.15) is 0 Å². The molecule has 6 N–H and O–H groups in total. The van der Waals surface area contributed by atoms with Crippen molar-refractivity contribution in [2.75, 3.05) is 6.54 Å². The number of alkyl carbamates (subject to hydrolysis) is 1. The molecule has 0 saturated heterocycles. The molecular weight excluding hydrogens is 614 g/mol. The number of hydrogen-bond acceptors (Lipinski definition) is 8. The molecule has 0 fully saturated rings. The number of aromatic nitrogens is 3. The van der Waals surface area contributed by atoms with Crippen molar-refractivity contribution < 1.29 is 29.0 Å². The Morgan fingerprint density at radius 2 is 1.56 bits per heavy atom. The highest BCUT2D eigenvalue weighted by Gasteiger charge is 2.31. The summed E-state index contributed by atoms with van der Waals surface area (Å²) in [7, 11) is 0. The van der Waals surface area contributed by atoms with Crippen LogP contribution in [0, 0.1) is 11.8 Å². The fraction of sp³-hybridized carbons (Fsp3) is 0.486. The van der Waals surface area contributed by atoms with Gasteiger partial charge in [-0.05, 0) is 41.5 Å². The molecule has 13 nitrogen and oxygen atoms in total. The molecule has 3 rings (SSSR count). The van der Waals surface area contributed by atoms with Gasteiger partial charge in [-0.1, -0.05) is 64.4 Å². The summed E-state index contributed by atoms with van der Waals surface area (Å²) in [5.74, 6) is -1.10. The number of nitrogens with zero attached hydrogens (tertiary/aromatic N) is 2. The van der Waals surface area contributed by atoms with Crippen molar-refractivity contribution >= 4 is 23.8 Å². The van der Waals surface area contributed by atoms with Crippen LogP contribution in [0.4, 0.5) is 4.79 Å². The molecule has 5 atom stereocenters. The Kier molecular flexibility index (Phi) is 15.5. The van der Waals surface area contributed by atoms with Crippen molar-refractivity contribution in [3.8, 4) is 0 Å². The lowest BCUT2D eigenvalue weighted by Crippen LogP contribution is -2.57. The molecule has 0 spiro atoms. The van der Waals surface area contributed by atoms with E-state index in [1.165, 1.54) is 6.33 Å². The zero-order valence-electron chi connectivity index (χ0n) is 28.1. The van der Waals surface area contributed by atoms with Gasteiger partial charge >= 0.3 is 6.09 Å². The number of ether oxygens (including phenoxy) is 1. The average molecular weight is 664 g/mol. The second-order valence-corrected chi connectivity index (χ2v) is 12.5. The monoisotopic (exact) mass is 663 g/mol. The number of imidazole rings is 1. The molecule has 0 bridgehead atoms. The maximum Gasteiger partial charge on any atom is 0.408 e. The predicted molar refractivity (Wildman–Crippen MR) is 180 cm³/mol. The molecule has 0 saturated carbocycles. The number of aliphatic hydroxyl groups excluding tert-OH is 1. The molecule has 0 aliphatic carbocycles. The standard InChI is InChI=1S/C35H49N7O6/c1-5-24(4)19-38-32(44)18-31(43)28(15-23(2)3)40-34(46)30(17-27-20-37-22-39-27)41-33(45)29(16-25-11-13-36-14-12-25)42-35(47)48-21-26-9-7-6-8-10-26/h6-14,20,22-24,28-31,43H,5,15-19,21H2,1-4H3,(H,37,39)(H,38,44)(H,40,46)(H,41,45)(H,42,47)/t24?,28?,29-,30-,31?/m0/s1. The van der Waals surface area contributed by atoms with Crippen LogP contribution in [-0.4, -0.2) is 74.6 Å². The molecule has 1 aromatic carbocycles. The summed E-state index contributed by atoms with van der Waals surface area (Å²) in [4.78, 5) is 64.0. The summed E-state index contributed by atoms with van der Waals surface area (Å²) in [6.45, 7) is 8.47. The minimum atomic E-state index is -1.16. The lowest BCUT2D eigenvalue weighted by Gasteiger charge is -2.29. The SMILES string of the molecule is CCC(C)CNC(=O)CC(O)C(CC(C)C)NC(=O)[C@H](Cc1cnc[nH]1)NC(=O)[C@H](Cc1ccncc1)NC(=O)OCc1ccccc1. The Labute approximate surface area is 282 Å². The molecule has 0 aliphatic heterocycles. The van der Waals surface area contributed by atoms with Gasteiger partial charge in [0.25, 0.3) is 0 Å². The topological polar surface area (TPSA) is 187 Å². The van der Waals surface area contributed by atoms with Crippen LogP contribution < -0.4 is 21.3 Å². The van der Waals surface area contributed by atoms with Gasteiger partial charge in [0.05, 0.1) is 24.9 Å². The van der Waals surface area contributed by atoms with Gasteiger partial charge in [-0.25, -0.2) is 9.78 Å². The summed E-state index contributed by atoms with van der Waals surface area (Å²) >= 11 is 0. The largest absolute Gasteiger partial charge is 0.445 e. The number of benzene rings is 1. The van der Waals surface area contributed by atoms with Crippen LogP contribution >= 0.6 is 0 Å². The van der Waals surface area contributed by atoms with Crippen molar-refractivity contribution in [2.45, 2.75) is 90.6 Å². The number of carbonyl (C=O) groups excluding carboxylic acids is 4. The van der Waals surface area contributed by atoms with Crippen LogP contribution in [0.3, 0.4) is 0 Å². The Balaban J connectivity index is 1.76. The molecule has 2 heterocycles. The van der Waals surface area contributed by atoms with Crippen LogP contribution in [0.1, 0.15) is 63.8 Å². The van der Waals surface area contributed by atoms with E-state index in [-0.39, 0.29) is 37.7 Å². The minimum Gasteiger partial charge on any atom is -0.445 e. The van der Waals surface area contributed by atoms with Crippen LogP contribution in [0.25, 0.3) is 0 Å². The first-order valence-electron chi connectivity index (χ1n) is 16.4. The van der Waals surface area contributed by atoms with Gasteiger partial charge in [0.15, 0.2) is 0 Å². The van der Waals surface area contributed by atoms with E-state index in [4.69, 9.17) is 4.74 Å². The van der Waals surface area contributed by atoms with E-state index < -0.39 is 42.1 Å². The summed E-state index contributed by atoms with van der Waals surface area (Å²) in [6, 6.07) is 9.62. The van der Waals surface area contributed by atoms with Crippen molar-refractivity contribution in [3.05, 3.63) is 84.2 Å². The zero-order valence-corrected chi connectivity index (χ0v) is 28.1. The second-order valence-electron chi connectivity index (χ2n) is 12.5. The third kappa shape index (κ3) is 13.5. The van der Waals surface area contributed by atoms with Crippen LogP contribution in [-0.2, 0) is 38.6 Å². The molecule has 3 aromatic rings. The van der Waals surface area contributed by atoms with Gasteiger partial charge in [0.1, 0.15) is 18.7 Å². The number of hydrogen-bond donors (Lipinski definition) is 6. The first-order valence-corrected chi connectivity index (χ1v) is 16.4. The summed E-state index contributed by atoms with van der Waals surface area (Å²) in [6.07, 6.45) is 5.50.